The molecule has 1 amide bonds. The fraction of sp³-hybridized carbons (Fsp3) is 0.923. The molecule has 2 saturated carbocycles. The molecule has 4 nitrogen and oxygen atoms in total. The van der Waals surface area contributed by atoms with Gasteiger partial charge < -0.3 is 15.2 Å². The van der Waals surface area contributed by atoms with E-state index in [1.54, 1.807) is 0 Å². The number of hydrogen-bond acceptors (Lipinski definition) is 3. The van der Waals surface area contributed by atoms with Crippen LogP contribution >= 0.6 is 0 Å². The summed E-state index contributed by atoms with van der Waals surface area (Å²) in [4.78, 5) is 11.6. The lowest BCUT2D eigenvalue weighted by Gasteiger charge is -2.33. The second-order valence-corrected chi connectivity index (χ2v) is 6.40. The van der Waals surface area contributed by atoms with Crippen LogP contribution in [0.5, 0.6) is 0 Å². The number of alkyl carbamates (subject to hydrolysis) is 1. The van der Waals surface area contributed by atoms with Crippen LogP contribution in [0, 0.1) is 11.8 Å². The van der Waals surface area contributed by atoms with E-state index in [1.165, 1.54) is 0 Å². The maximum absolute atomic E-state index is 11.6. The molecule has 2 aliphatic rings. The Hall–Kier alpha value is -0.770. The van der Waals surface area contributed by atoms with E-state index in [1.807, 2.05) is 20.8 Å². The van der Waals surface area contributed by atoms with E-state index in [4.69, 9.17) is 4.74 Å². The number of hydrogen-bond donors (Lipinski definition) is 2. The zero-order chi connectivity index (χ0) is 12.6. The Morgan fingerprint density at radius 3 is 2.24 bits per heavy atom. The minimum Gasteiger partial charge on any atom is -0.444 e. The predicted octanol–water partition coefficient (Wildman–Crippen LogP) is 2.06. The van der Waals surface area contributed by atoms with Crippen molar-refractivity contribution < 1.29 is 14.6 Å². The molecule has 98 valence electrons. The van der Waals surface area contributed by atoms with E-state index in [0.29, 0.717) is 11.8 Å². The standard InChI is InChI=1S/C13H23NO3/c1-13(2,3)17-12(16)14-10-6-8-4-5-9(7-10)11(8)15/h8-11,15H,4-7H2,1-3H3,(H,14,16)/t8-,9+,10?,11?. The van der Waals surface area contributed by atoms with Crippen LogP contribution in [0.3, 0.4) is 0 Å². The molecule has 2 rings (SSSR count). The van der Waals surface area contributed by atoms with Gasteiger partial charge in [0.15, 0.2) is 0 Å². The molecule has 0 aromatic carbocycles. The normalized spacial score (nSPS) is 36.7. The van der Waals surface area contributed by atoms with Gasteiger partial charge in [-0.25, -0.2) is 4.79 Å². The van der Waals surface area contributed by atoms with Crippen molar-refractivity contribution in [1.82, 2.24) is 5.32 Å². The summed E-state index contributed by atoms with van der Waals surface area (Å²) >= 11 is 0. The van der Waals surface area contributed by atoms with Crippen LogP contribution in [0.2, 0.25) is 0 Å². The molecule has 2 fully saturated rings. The highest BCUT2D eigenvalue weighted by molar-refractivity contribution is 5.68. The maximum atomic E-state index is 11.6. The molecule has 2 N–H and O–H groups in total. The van der Waals surface area contributed by atoms with E-state index >= 15 is 0 Å². The summed E-state index contributed by atoms with van der Waals surface area (Å²) in [5, 5.41) is 12.8. The van der Waals surface area contributed by atoms with Crippen molar-refractivity contribution >= 4 is 6.09 Å². The number of rotatable bonds is 1. The second kappa shape index (κ2) is 4.48. The lowest BCUT2D eigenvalue weighted by atomic mass is 9.83. The summed E-state index contributed by atoms with van der Waals surface area (Å²) in [6.45, 7) is 5.59. The number of nitrogens with one attached hydrogen (secondary N) is 1. The van der Waals surface area contributed by atoms with Crippen molar-refractivity contribution in [3.05, 3.63) is 0 Å². The van der Waals surface area contributed by atoms with Gasteiger partial charge in [0.1, 0.15) is 5.60 Å². The van der Waals surface area contributed by atoms with Crippen LogP contribution in [-0.2, 0) is 4.74 Å². The third-order valence-corrected chi connectivity index (χ3v) is 3.77. The Morgan fingerprint density at radius 2 is 1.76 bits per heavy atom. The number of carbonyl (C=O) groups is 1. The molecule has 0 aliphatic heterocycles. The van der Waals surface area contributed by atoms with Crippen LogP contribution < -0.4 is 5.32 Å². The van der Waals surface area contributed by atoms with Gasteiger partial charge in [0.25, 0.3) is 0 Å². The van der Waals surface area contributed by atoms with Crippen molar-refractivity contribution in [3.63, 3.8) is 0 Å². The number of aliphatic hydroxyl groups excluding tert-OH is 1. The van der Waals surface area contributed by atoms with Crippen LogP contribution in [0.1, 0.15) is 46.5 Å². The van der Waals surface area contributed by atoms with Gasteiger partial charge in [-0.2, -0.15) is 0 Å². The summed E-state index contributed by atoms with van der Waals surface area (Å²) in [6.07, 6.45) is 3.48. The van der Waals surface area contributed by atoms with Gasteiger partial charge in [0.2, 0.25) is 0 Å². The Bertz CT molecular complexity index is 284. The van der Waals surface area contributed by atoms with Gasteiger partial charge >= 0.3 is 6.09 Å². The number of fused-ring (bicyclic) bond motifs is 2. The summed E-state index contributed by atoms with van der Waals surface area (Å²) in [5.41, 5.74) is -0.447. The average molecular weight is 241 g/mol. The first kappa shape index (κ1) is 12.7. The van der Waals surface area contributed by atoms with Crippen molar-refractivity contribution in [3.8, 4) is 0 Å². The molecule has 0 heterocycles. The minimum absolute atomic E-state index is 0.147. The molecule has 4 atom stereocenters. The van der Waals surface area contributed by atoms with Gasteiger partial charge in [-0.3, -0.25) is 0 Å². The van der Waals surface area contributed by atoms with Crippen LogP contribution in [0.4, 0.5) is 4.79 Å². The Labute approximate surface area is 103 Å². The first-order valence-corrected chi connectivity index (χ1v) is 6.53. The quantitative estimate of drug-likeness (QED) is 0.738. The topological polar surface area (TPSA) is 58.6 Å². The van der Waals surface area contributed by atoms with Crippen molar-refractivity contribution in [2.75, 3.05) is 0 Å². The number of amides is 1. The minimum atomic E-state index is -0.447. The number of carbonyl (C=O) groups excluding carboxylic acids is 1. The SMILES string of the molecule is CC(C)(C)OC(=O)NC1C[C@H]2CC[C@@H](C1)C2O. The molecular formula is C13H23NO3. The molecular weight excluding hydrogens is 218 g/mol. The lowest BCUT2D eigenvalue weighted by Crippen LogP contribution is -2.45. The lowest BCUT2D eigenvalue weighted by molar-refractivity contribution is 0.0305. The zero-order valence-corrected chi connectivity index (χ0v) is 10.9. The second-order valence-electron chi connectivity index (χ2n) is 6.40. The van der Waals surface area contributed by atoms with Crippen molar-refractivity contribution in [2.24, 2.45) is 11.8 Å². The molecule has 0 aromatic heterocycles. The highest BCUT2D eigenvalue weighted by atomic mass is 16.6. The molecule has 2 aliphatic carbocycles. The molecule has 2 bridgehead atoms. The fourth-order valence-electron chi connectivity index (χ4n) is 3.09. The molecule has 4 heteroatoms. The first-order valence-electron chi connectivity index (χ1n) is 6.53. The third kappa shape index (κ3) is 3.12. The molecule has 0 spiro atoms. The number of aliphatic hydroxyl groups is 1. The van der Waals surface area contributed by atoms with Crippen LogP contribution in [-0.4, -0.2) is 28.9 Å². The molecule has 2 unspecified atom stereocenters. The van der Waals surface area contributed by atoms with Gasteiger partial charge in [0, 0.05) is 6.04 Å². The van der Waals surface area contributed by atoms with Crippen LogP contribution in [0.25, 0.3) is 0 Å². The molecule has 0 radical (unpaired) electrons. The Balaban J connectivity index is 1.83. The van der Waals surface area contributed by atoms with Crippen molar-refractivity contribution in [2.45, 2.75) is 64.2 Å². The van der Waals surface area contributed by atoms with E-state index in [9.17, 15) is 9.90 Å². The van der Waals surface area contributed by atoms with Gasteiger partial charge in [-0.1, -0.05) is 0 Å². The molecule has 17 heavy (non-hydrogen) atoms. The smallest absolute Gasteiger partial charge is 0.407 e. The first-order chi connectivity index (χ1) is 7.85. The summed E-state index contributed by atoms with van der Waals surface area (Å²) in [7, 11) is 0. The average Bonchev–Trinajstić information content (AvgIpc) is 2.42. The predicted molar refractivity (Wildman–Crippen MR) is 64.6 cm³/mol. The maximum Gasteiger partial charge on any atom is 0.407 e. The third-order valence-electron chi connectivity index (χ3n) is 3.77. The number of ether oxygens (including phenoxy) is 1. The Morgan fingerprint density at radius 1 is 1.24 bits per heavy atom. The Kier molecular flexibility index (Phi) is 3.34. The van der Waals surface area contributed by atoms with Crippen molar-refractivity contribution in [1.29, 1.82) is 0 Å². The monoisotopic (exact) mass is 241 g/mol. The molecule has 0 aromatic rings. The highest BCUT2D eigenvalue weighted by Gasteiger charge is 2.42. The van der Waals surface area contributed by atoms with Crippen LogP contribution in [0.15, 0.2) is 0 Å². The summed E-state index contributed by atoms with van der Waals surface area (Å²) in [5.74, 6) is 0.738. The van der Waals surface area contributed by atoms with E-state index in [-0.39, 0.29) is 18.2 Å². The van der Waals surface area contributed by atoms with E-state index < -0.39 is 5.60 Å². The highest BCUT2D eigenvalue weighted by Crippen LogP contribution is 2.42. The summed E-state index contributed by atoms with van der Waals surface area (Å²) < 4.78 is 5.25. The fourth-order valence-corrected chi connectivity index (χ4v) is 3.09. The zero-order valence-electron chi connectivity index (χ0n) is 10.9. The molecule has 0 saturated heterocycles. The largest absolute Gasteiger partial charge is 0.444 e. The summed E-state index contributed by atoms with van der Waals surface area (Å²) in [6, 6.07) is 0.172. The van der Waals surface area contributed by atoms with Gasteiger partial charge in [-0.05, 0) is 58.3 Å². The van der Waals surface area contributed by atoms with E-state index in [2.05, 4.69) is 5.32 Å². The van der Waals surface area contributed by atoms with Gasteiger partial charge in [-0.15, -0.1) is 0 Å². The van der Waals surface area contributed by atoms with E-state index in [0.717, 1.165) is 25.7 Å². The van der Waals surface area contributed by atoms with Gasteiger partial charge in [0.05, 0.1) is 6.10 Å².